The first-order valence-electron chi connectivity index (χ1n) is 9.19. The Labute approximate surface area is 158 Å². The van der Waals surface area contributed by atoms with Crippen LogP contribution in [0.5, 0.6) is 0 Å². The van der Waals surface area contributed by atoms with E-state index in [4.69, 9.17) is 0 Å². The summed E-state index contributed by atoms with van der Waals surface area (Å²) in [7, 11) is 0. The van der Waals surface area contributed by atoms with Gasteiger partial charge in [0, 0.05) is 37.0 Å². The molecule has 0 radical (unpaired) electrons. The number of anilines is 1. The maximum atomic E-state index is 14.1. The highest BCUT2D eigenvalue weighted by molar-refractivity contribution is 5.63. The van der Waals surface area contributed by atoms with Crippen LogP contribution in [-0.4, -0.2) is 18.0 Å². The van der Waals surface area contributed by atoms with Gasteiger partial charge in [0.15, 0.2) is 0 Å². The third-order valence-electron chi connectivity index (χ3n) is 5.27. The monoisotopic (exact) mass is 374 g/mol. The molecule has 0 bridgehead atoms. The van der Waals surface area contributed by atoms with Gasteiger partial charge >= 0.3 is 0 Å². The van der Waals surface area contributed by atoms with Crippen LogP contribution in [0.1, 0.15) is 30.0 Å². The van der Waals surface area contributed by atoms with Crippen molar-refractivity contribution in [2.24, 2.45) is 11.8 Å². The first kappa shape index (κ1) is 19.3. The van der Waals surface area contributed by atoms with E-state index in [2.05, 4.69) is 11.8 Å². The van der Waals surface area contributed by atoms with Crippen LogP contribution < -0.4 is 4.90 Å². The molecule has 3 rings (SSSR count). The van der Waals surface area contributed by atoms with Crippen LogP contribution in [0.15, 0.2) is 30.3 Å². The summed E-state index contributed by atoms with van der Waals surface area (Å²) in [6, 6.07) is 6.97. The summed E-state index contributed by atoms with van der Waals surface area (Å²) in [6.07, 6.45) is 1.52. The first-order valence-corrected chi connectivity index (χ1v) is 9.19. The molecule has 0 spiro atoms. The number of hydrogen-bond acceptors (Lipinski definition) is 3. The van der Waals surface area contributed by atoms with Crippen molar-refractivity contribution in [3.8, 4) is 0 Å². The molecule has 1 saturated heterocycles. The molecule has 1 aliphatic rings. The van der Waals surface area contributed by atoms with Crippen molar-refractivity contribution >= 4 is 11.4 Å². The minimum Gasteiger partial charge on any atom is -0.371 e. The van der Waals surface area contributed by atoms with Crippen LogP contribution in [0, 0.1) is 47.4 Å². The summed E-state index contributed by atoms with van der Waals surface area (Å²) in [5, 5.41) is 11.1. The van der Waals surface area contributed by atoms with E-state index in [1.54, 1.807) is 12.1 Å². The molecule has 1 aliphatic heterocycles. The van der Waals surface area contributed by atoms with E-state index in [0.717, 1.165) is 42.4 Å². The molecule has 1 fully saturated rings. The molecule has 27 heavy (non-hydrogen) atoms. The van der Waals surface area contributed by atoms with E-state index >= 15 is 0 Å². The van der Waals surface area contributed by atoms with Gasteiger partial charge in [0.1, 0.15) is 11.6 Å². The third kappa shape index (κ3) is 4.26. The molecule has 144 valence electrons. The Bertz CT molecular complexity index is 846. The maximum absolute atomic E-state index is 14.1. The Balaban J connectivity index is 1.84. The quantitative estimate of drug-likeness (QED) is 0.546. The lowest BCUT2D eigenvalue weighted by Crippen LogP contribution is -2.41. The topological polar surface area (TPSA) is 46.4 Å². The van der Waals surface area contributed by atoms with Crippen molar-refractivity contribution < 1.29 is 13.7 Å². The molecule has 0 aromatic heterocycles. The molecule has 1 heterocycles. The molecule has 0 saturated carbocycles. The van der Waals surface area contributed by atoms with Gasteiger partial charge in [-0.25, -0.2) is 8.78 Å². The SMILES string of the molecule is Cc1cc([N+](=O)[O-])cc(C)c1N1C[C@H](C)C[C@H](Cc2ccc(F)cc2F)C1. The Morgan fingerprint density at radius 3 is 2.41 bits per heavy atom. The molecule has 4 nitrogen and oxygen atoms in total. The van der Waals surface area contributed by atoms with Gasteiger partial charge in [0.25, 0.3) is 5.69 Å². The average Bonchev–Trinajstić information content (AvgIpc) is 2.56. The molecule has 6 heteroatoms. The maximum Gasteiger partial charge on any atom is 0.270 e. The van der Waals surface area contributed by atoms with Crippen LogP contribution >= 0.6 is 0 Å². The van der Waals surface area contributed by atoms with Crippen molar-refractivity contribution in [1.82, 2.24) is 0 Å². The smallest absolute Gasteiger partial charge is 0.270 e. The number of rotatable bonds is 4. The van der Waals surface area contributed by atoms with Crippen molar-refractivity contribution in [2.45, 2.75) is 33.6 Å². The highest BCUT2D eigenvalue weighted by Gasteiger charge is 2.28. The second kappa shape index (κ2) is 7.62. The van der Waals surface area contributed by atoms with Crippen LogP contribution in [0.4, 0.5) is 20.2 Å². The van der Waals surface area contributed by atoms with Gasteiger partial charge in [0.2, 0.25) is 0 Å². The fraction of sp³-hybridized carbons (Fsp3) is 0.429. The lowest BCUT2D eigenvalue weighted by atomic mass is 9.85. The van der Waals surface area contributed by atoms with Crippen molar-refractivity contribution in [2.75, 3.05) is 18.0 Å². The summed E-state index contributed by atoms with van der Waals surface area (Å²) in [4.78, 5) is 13.0. The zero-order chi connectivity index (χ0) is 19.7. The fourth-order valence-electron chi connectivity index (χ4n) is 4.35. The van der Waals surface area contributed by atoms with E-state index in [9.17, 15) is 18.9 Å². The van der Waals surface area contributed by atoms with Crippen LogP contribution in [0.25, 0.3) is 0 Å². The van der Waals surface area contributed by atoms with E-state index in [-0.39, 0.29) is 16.5 Å². The number of halogens is 2. The van der Waals surface area contributed by atoms with Gasteiger partial charge in [-0.2, -0.15) is 0 Å². The summed E-state index contributed by atoms with van der Waals surface area (Å²) in [5.74, 6) is -0.404. The summed E-state index contributed by atoms with van der Waals surface area (Å²) < 4.78 is 27.2. The number of benzene rings is 2. The zero-order valence-electron chi connectivity index (χ0n) is 15.8. The largest absolute Gasteiger partial charge is 0.371 e. The second-order valence-corrected chi connectivity index (χ2v) is 7.74. The molecular weight excluding hydrogens is 350 g/mol. The third-order valence-corrected chi connectivity index (χ3v) is 5.27. The lowest BCUT2D eigenvalue weighted by molar-refractivity contribution is -0.384. The number of nitro groups is 1. The minimum atomic E-state index is -0.563. The van der Waals surface area contributed by atoms with Crippen LogP contribution in [0.2, 0.25) is 0 Å². The molecule has 0 aliphatic carbocycles. The van der Waals surface area contributed by atoms with Crippen molar-refractivity contribution in [1.29, 1.82) is 0 Å². The van der Waals surface area contributed by atoms with E-state index in [0.29, 0.717) is 17.9 Å². The number of nitrogens with zero attached hydrogens (tertiary/aromatic N) is 2. The summed E-state index contributed by atoms with van der Waals surface area (Å²) in [5.41, 5.74) is 3.41. The van der Waals surface area contributed by atoms with E-state index < -0.39 is 11.6 Å². The zero-order valence-corrected chi connectivity index (χ0v) is 15.8. The van der Waals surface area contributed by atoms with Gasteiger partial charge in [-0.15, -0.1) is 0 Å². The molecular formula is C21H24F2N2O2. The number of non-ortho nitro benzene ring substituents is 1. The minimum absolute atomic E-state index is 0.101. The Morgan fingerprint density at radius 2 is 1.81 bits per heavy atom. The highest BCUT2D eigenvalue weighted by Crippen LogP contribution is 2.35. The predicted octanol–water partition coefficient (Wildman–Crippen LogP) is 5.19. The van der Waals surface area contributed by atoms with Gasteiger partial charge in [0.05, 0.1) is 4.92 Å². The lowest BCUT2D eigenvalue weighted by Gasteiger charge is -2.39. The van der Waals surface area contributed by atoms with Crippen LogP contribution in [-0.2, 0) is 6.42 Å². The molecule has 0 N–H and O–H groups in total. The van der Waals surface area contributed by atoms with E-state index in [1.807, 2.05) is 13.8 Å². The average molecular weight is 374 g/mol. The fourth-order valence-corrected chi connectivity index (χ4v) is 4.35. The first-order chi connectivity index (χ1) is 12.7. The Hall–Kier alpha value is -2.50. The van der Waals surface area contributed by atoms with Crippen molar-refractivity contribution in [3.05, 3.63) is 68.8 Å². The number of aryl methyl sites for hydroxylation is 2. The Morgan fingerprint density at radius 1 is 1.15 bits per heavy atom. The summed E-state index contributed by atoms with van der Waals surface area (Å²) in [6.45, 7) is 7.56. The number of hydrogen-bond donors (Lipinski definition) is 0. The molecule has 0 unspecified atom stereocenters. The highest BCUT2D eigenvalue weighted by atomic mass is 19.1. The predicted molar refractivity (Wildman–Crippen MR) is 102 cm³/mol. The number of nitro benzene ring substituents is 1. The molecule has 2 aromatic rings. The Kier molecular flexibility index (Phi) is 5.44. The summed E-state index contributed by atoms with van der Waals surface area (Å²) >= 11 is 0. The van der Waals surface area contributed by atoms with Crippen molar-refractivity contribution in [3.63, 3.8) is 0 Å². The molecule has 0 amide bonds. The second-order valence-electron chi connectivity index (χ2n) is 7.74. The van der Waals surface area contributed by atoms with Gasteiger partial charge in [-0.05, 0) is 61.3 Å². The van der Waals surface area contributed by atoms with Gasteiger partial charge < -0.3 is 4.90 Å². The normalized spacial score (nSPS) is 20.0. The van der Waals surface area contributed by atoms with Crippen LogP contribution in [0.3, 0.4) is 0 Å². The number of piperidine rings is 1. The van der Waals surface area contributed by atoms with Gasteiger partial charge in [-0.3, -0.25) is 10.1 Å². The van der Waals surface area contributed by atoms with E-state index in [1.165, 1.54) is 12.1 Å². The standard InChI is InChI=1S/C21H24F2N2O2/c1-13-6-16(9-17-4-5-18(22)10-20(17)23)12-24(11-13)21-14(2)7-19(25(26)27)8-15(21)3/h4-5,7-8,10,13,16H,6,9,11-12H2,1-3H3/t13-,16-/m1/s1. The molecule has 2 aromatic carbocycles. The molecule has 2 atom stereocenters. The van der Waals surface area contributed by atoms with Gasteiger partial charge in [-0.1, -0.05) is 13.0 Å².